The Morgan fingerprint density at radius 1 is 1.11 bits per heavy atom. The second-order valence-corrected chi connectivity index (χ2v) is 11.6. The molecule has 3 aromatic rings. The van der Waals surface area contributed by atoms with E-state index < -0.39 is 23.3 Å². The summed E-state index contributed by atoms with van der Waals surface area (Å²) in [7, 11) is 0. The second-order valence-electron chi connectivity index (χ2n) is 11.6. The van der Waals surface area contributed by atoms with Gasteiger partial charge in [-0.3, -0.25) is 9.80 Å². The fraction of sp³-hybridized carbons (Fsp3) is 0.533. The van der Waals surface area contributed by atoms with Crippen molar-refractivity contribution in [2.75, 3.05) is 32.8 Å². The zero-order valence-electron chi connectivity index (χ0n) is 22.5. The summed E-state index contributed by atoms with van der Waals surface area (Å²) in [5.41, 5.74) is 2.20. The summed E-state index contributed by atoms with van der Waals surface area (Å²) in [6.45, 7) is 12.5. The van der Waals surface area contributed by atoms with E-state index in [-0.39, 0.29) is 23.9 Å². The molecule has 2 atom stereocenters. The molecule has 2 aromatic carbocycles. The largest absolute Gasteiger partial charge is 0.492 e. The summed E-state index contributed by atoms with van der Waals surface area (Å²) in [4.78, 5) is 7.62. The van der Waals surface area contributed by atoms with Gasteiger partial charge >= 0.3 is 0 Å². The Hall–Kier alpha value is -2.51. The van der Waals surface area contributed by atoms with Gasteiger partial charge in [-0.2, -0.15) is 0 Å². The van der Waals surface area contributed by atoms with Gasteiger partial charge in [0.2, 0.25) is 0 Å². The number of aromatic nitrogens is 1. The molecule has 0 aliphatic carbocycles. The molecule has 7 heteroatoms. The van der Waals surface area contributed by atoms with E-state index in [4.69, 9.17) is 4.74 Å². The number of H-pyrrole nitrogens is 1. The SMILES string of the molecule is CCC1CN(CCOc2cc(F)c(C3c4[nH]c5cc(C)ccc5c4C[C@@H](C)N3CC(C)(C)F)c(F)c2)C1. The predicted octanol–water partition coefficient (Wildman–Crippen LogP) is 6.56. The van der Waals surface area contributed by atoms with Gasteiger partial charge in [-0.25, -0.2) is 13.2 Å². The minimum Gasteiger partial charge on any atom is -0.492 e. The average molecular weight is 514 g/mol. The normalized spacial score (nSPS) is 21.3. The molecular weight excluding hydrogens is 475 g/mol. The molecule has 0 amide bonds. The van der Waals surface area contributed by atoms with E-state index in [9.17, 15) is 4.39 Å². The van der Waals surface area contributed by atoms with Gasteiger partial charge in [0, 0.05) is 66.5 Å². The van der Waals surface area contributed by atoms with E-state index >= 15 is 8.78 Å². The fourth-order valence-corrected chi connectivity index (χ4v) is 5.98. The number of benzene rings is 2. The minimum atomic E-state index is -1.53. The number of rotatable bonds is 8. The lowest BCUT2D eigenvalue weighted by molar-refractivity contribution is 0.0641. The van der Waals surface area contributed by atoms with E-state index in [1.807, 2.05) is 30.9 Å². The van der Waals surface area contributed by atoms with Gasteiger partial charge in [-0.05, 0) is 57.2 Å². The zero-order valence-corrected chi connectivity index (χ0v) is 22.5. The number of fused-ring (bicyclic) bond motifs is 3. The summed E-state index contributed by atoms with van der Waals surface area (Å²) in [6, 6.07) is 7.81. The molecule has 0 radical (unpaired) electrons. The first kappa shape index (κ1) is 26.1. The summed E-state index contributed by atoms with van der Waals surface area (Å²) in [6.07, 6.45) is 1.84. The highest BCUT2D eigenvalue weighted by atomic mass is 19.1. The summed E-state index contributed by atoms with van der Waals surface area (Å²) in [5, 5.41) is 1.05. The average Bonchev–Trinajstić information content (AvgIpc) is 3.12. The molecule has 1 unspecified atom stereocenters. The van der Waals surface area contributed by atoms with Gasteiger partial charge in [-0.15, -0.1) is 0 Å². The number of ether oxygens (including phenoxy) is 1. The van der Waals surface area contributed by atoms with Crippen molar-refractivity contribution in [3.05, 3.63) is 64.4 Å². The van der Waals surface area contributed by atoms with Crippen LogP contribution in [-0.4, -0.2) is 59.3 Å². The molecule has 3 heterocycles. The second kappa shape index (κ2) is 9.99. The minimum absolute atomic E-state index is 0.0540. The van der Waals surface area contributed by atoms with Gasteiger partial charge in [0.1, 0.15) is 29.7 Å². The van der Waals surface area contributed by atoms with E-state index in [2.05, 4.69) is 22.9 Å². The maximum atomic E-state index is 15.7. The first-order chi connectivity index (χ1) is 17.5. The lowest BCUT2D eigenvalue weighted by Gasteiger charge is -2.43. The van der Waals surface area contributed by atoms with Crippen molar-refractivity contribution in [3.8, 4) is 5.75 Å². The van der Waals surface area contributed by atoms with Crippen LogP contribution in [0.25, 0.3) is 10.9 Å². The highest BCUT2D eigenvalue weighted by Gasteiger charge is 2.41. The Bertz CT molecular complexity index is 1250. The maximum Gasteiger partial charge on any atom is 0.135 e. The van der Waals surface area contributed by atoms with Gasteiger partial charge in [-0.1, -0.05) is 25.5 Å². The van der Waals surface area contributed by atoms with Gasteiger partial charge in [0.25, 0.3) is 0 Å². The van der Waals surface area contributed by atoms with Crippen molar-refractivity contribution < 1.29 is 17.9 Å². The standard InChI is InChI=1S/C30H38F3N3O/c1-6-20-15-35(16-20)9-10-37-21-13-24(31)27(25(32)14-21)29-28-23(12-19(3)36(29)17-30(4,5)33)22-8-7-18(2)11-26(22)34-28/h7-8,11,13-14,19-20,29,34H,6,9-10,12,15-17H2,1-5H3/t19-,29?/m1/s1. The van der Waals surface area contributed by atoms with Crippen molar-refractivity contribution in [1.29, 1.82) is 0 Å². The Morgan fingerprint density at radius 3 is 2.46 bits per heavy atom. The molecule has 200 valence electrons. The van der Waals surface area contributed by atoms with E-state index in [1.165, 1.54) is 32.4 Å². The number of alkyl halides is 1. The molecule has 37 heavy (non-hydrogen) atoms. The van der Waals surface area contributed by atoms with Crippen molar-refractivity contribution in [2.45, 2.75) is 65.2 Å². The fourth-order valence-electron chi connectivity index (χ4n) is 5.98. The molecule has 2 aliphatic rings. The number of aryl methyl sites for hydroxylation is 1. The smallest absolute Gasteiger partial charge is 0.135 e. The molecule has 1 fully saturated rings. The molecule has 0 saturated carbocycles. The number of nitrogens with zero attached hydrogens (tertiary/aromatic N) is 2. The maximum absolute atomic E-state index is 15.7. The molecule has 1 N–H and O–H groups in total. The number of nitrogens with one attached hydrogen (secondary N) is 1. The molecular formula is C30H38F3N3O. The Balaban J connectivity index is 1.48. The van der Waals surface area contributed by atoms with Crippen LogP contribution in [-0.2, 0) is 6.42 Å². The lowest BCUT2D eigenvalue weighted by Crippen LogP contribution is -2.48. The highest BCUT2D eigenvalue weighted by molar-refractivity contribution is 5.86. The van der Waals surface area contributed by atoms with Crippen molar-refractivity contribution >= 4 is 10.9 Å². The number of likely N-dealkylation sites (tertiary alicyclic amines) is 1. The lowest BCUT2D eigenvalue weighted by atomic mass is 9.87. The summed E-state index contributed by atoms with van der Waals surface area (Å²) < 4.78 is 52.2. The first-order valence-corrected chi connectivity index (χ1v) is 13.4. The third-order valence-corrected chi connectivity index (χ3v) is 7.94. The van der Waals surface area contributed by atoms with Gasteiger partial charge in [0.05, 0.1) is 6.04 Å². The Kier molecular flexibility index (Phi) is 7.05. The van der Waals surface area contributed by atoms with E-state index in [1.54, 1.807) is 0 Å². The number of halogens is 3. The van der Waals surface area contributed by atoms with E-state index in [0.717, 1.165) is 53.3 Å². The van der Waals surface area contributed by atoms with Crippen LogP contribution in [0.3, 0.4) is 0 Å². The first-order valence-electron chi connectivity index (χ1n) is 13.4. The van der Waals surface area contributed by atoms with Gasteiger partial charge in [0.15, 0.2) is 0 Å². The van der Waals surface area contributed by atoms with Crippen LogP contribution < -0.4 is 4.74 Å². The molecule has 2 aliphatic heterocycles. The Morgan fingerprint density at radius 2 is 1.81 bits per heavy atom. The molecule has 5 rings (SSSR count). The van der Waals surface area contributed by atoms with Crippen molar-refractivity contribution in [3.63, 3.8) is 0 Å². The van der Waals surface area contributed by atoms with Crippen LogP contribution >= 0.6 is 0 Å². The van der Waals surface area contributed by atoms with Crippen molar-refractivity contribution in [1.82, 2.24) is 14.8 Å². The molecule has 1 saturated heterocycles. The zero-order chi connectivity index (χ0) is 26.5. The van der Waals surface area contributed by atoms with Crippen LogP contribution in [0, 0.1) is 24.5 Å². The quantitative estimate of drug-likeness (QED) is 0.370. The molecule has 0 spiro atoms. The summed E-state index contributed by atoms with van der Waals surface area (Å²) >= 11 is 0. The number of hydrogen-bond acceptors (Lipinski definition) is 3. The van der Waals surface area contributed by atoms with Crippen LogP contribution in [0.4, 0.5) is 13.2 Å². The van der Waals surface area contributed by atoms with E-state index in [0.29, 0.717) is 13.0 Å². The van der Waals surface area contributed by atoms with Crippen LogP contribution in [0.1, 0.15) is 62.5 Å². The summed E-state index contributed by atoms with van der Waals surface area (Å²) in [5.74, 6) is -0.430. The monoisotopic (exact) mass is 513 g/mol. The molecule has 1 aromatic heterocycles. The topological polar surface area (TPSA) is 31.5 Å². The molecule has 0 bridgehead atoms. The highest BCUT2D eigenvalue weighted by Crippen LogP contribution is 2.44. The predicted molar refractivity (Wildman–Crippen MR) is 142 cm³/mol. The number of hydrogen-bond donors (Lipinski definition) is 1. The van der Waals surface area contributed by atoms with Crippen LogP contribution in [0.5, 0.6) is 5.75 Å². The Labute approximate surface area is 217 Å². The van der Waals surface area contributed by atoms with Crippen LogP contribution in [0.2, 0.25) is 0 Å². The number of aromatic amines is 1. The third-order valence-electron chi connectivity index (χ3n) is 7.94. The molecule has 4 nitrogen and oxygen atoms in total. The van der Waals surface area contributed by atoms with Gasteiger partial charge < -0.3 is 9.72 Å². The van der Waals surface area contributed by atoms with Crippen molar-refractivity contribution in [2.24, 2.45) is 5.92 Å². The third kappa shape index (κ3) is 5.26. The van der Waals surface area contributed by atoms with Crippen LogP contribution in [0.15, 0.2) is 30.3 Å².